The molecule has 6 heteroatoms. The molecule has 2 atom stereocenters. The van der Waals surface area contributed by atoms with E-state index in [-0.39, 0.29) is 24.4 Å². The first-order chi connectivity index (χ1) is 11.0. The van der Waals surface area contributed by atoms with Crippen molar-refractivity contribution < 1.29 is 4.79 Å². The summed E-state index contributed by atoms with van der Waals surface area (Å²) in [5, 5.41) is 11.0. The lowest BCUT2D eigenvalue weighted by Gasteiger charge is -2.30. The topological polar surface area (TPSA) is 59.0 Å². The Kier molecular flexibility index (Phi) is 6.02. The second-order valence-corrected chi connectivity index (χ2v) is 6.44. The molecule has 0 bridgehead atoms. The van der Waals surface area contributed by atoms with Crippen molar-refractivity contribution in [1.82, 2.24) is 20.4 Å². The number of piperidine rings is 1. The molecule has 5 nitrogen and oxygen atoms in total. The molecule has 1 aliphatic rings. The van der Waals surface area contributed by atoms with E-state index in [1.807, 2.05) is 48.9 Å². The number of aromatic nitrogens is 2. The number of carbonyl (C=O) groups is 1. The maximum absolute atomic E-state index is 12.4. The number of amides is 1. The number of benzene rings is 1. The molecular formula is C18H25ClN4O. The SMILES string of the molecule is Cc1cc(C)n(-c2ccc(C(=O)NC3CCNCC3C)cc2)n1.Cl. The minimum absolute atomic E-state index is 0. The molecule has 130 valence electrons. The Morgan fingerprint density at radius 2 is 2.00 bits per heavy atom. The average molecular weight is 349 g/mol. The van der Waals surface area contributed by atoms with Crippen molar-refractivity contribution in [1.29, 1.82) is 0 Å². The Bertz CT molecular complexity index is 696. The summed E-state index contributed by atoms with van der Waals surface area (Å²) in [6.45, 7) is 8.10. The van der Waals surface area contributed by atoms with Gasteiger partial charge in [0.2, 0.25) is 0 Å². The van der Waals surface area contributed by atoms with Crippen LogP contribution in [-0.2, 0) is 0 Å². The van der Waals surface area contributed by atoms with Gasteiger partial charge in [0, 0.05) is 17.3 Å². The van der Waals surface area contributed by atoms with Crippen LogP contribution in [0.25, 0.3) is 5.69 Å². The molecule has 0 spiro atoms. The van der Waals surface area contributed by atoms with Gasteiger partial charge < -0.3 is 10.6 Å². The predicted octanol–water partition coefficient (Wildman–Crippen LogP) is 2.64. The fourth-order valence-electron chi connectivity index (χ4n) is 3.12. The van der Waals surface area contributed by atoms with Crippen molar-refractivity contribution in [3.05, 3.63) is 47.3 Å². The lowest BCUT2D eigenvalue weighted by molar-refractivity contribution is 0.0914. The van der Waals surface area contributed by atoms with E-state index in [0.29, 0.717) is 11.5 Å². The van der Waals surface area contributed by atoms with Crippen LogP contribution in [0, 0.1) is 19.8 Å². The van der Waals surface area contributed by atoms with E-state index < -0.39 is 0 Å². The lowest BCUT2D eigenvalue weighted by atomic mass is 9.95. The zero-order valence-electron chi connectivity index (χ0n) is 14.4. The summed E-state index contributed by atoms with van der Waals surface area (Å²) in [6, 6.07) is 9.92. The number of rotatable bonds is 3. The van der Waals surface area contributed by atoms with Crippen LogP contribution in [0.15, 0.2) is 30.3 Å². The van der Waals surface area contributed by atoms with Gasteiger partial charge in [0.25, 0.3) is 5.91 Å². The molecule has 24 heavy (non-hydrogen) atoms. The van der Waals surface area contributed by atoms with Crippen molar-refractivity contribution in [2.24, 2.45) is 5.92 Å². The minimum atomic E-state index is 0. The van der Waals surface area contributed by atoms with Crippen LogP contribution in [0.3, 0.4) is 0 Å². The van der Waals surface area contributed by atoms with Gasteiger partial charge in [-0.15, -0.1) is 12.4 Å². The highest BCUT2D eigenvalue weighted by Crippen LogP contribution is 2.15. The van der Waals surface area contributed by atoms with E-state index in [1.165, 1.54) is 0 Å². The van der Waals surface area contributed by atoms with Crippen LogP contribution in [0.1, 0.15) is 35.1 Å². The molecule has 1 amide bonds. The number of carbonyl (C=O) groups excluding carboxylic acids is 1. The van der Waals surface area contributed by atoms with Crippen molar-refractivity contribution in [3.63, 3.8) is 0 Å². The van der Waals surface area contributed by atoms with Gasteiger partial charge in [-0.2, -0.15) is 5.10 Å². The molecule has 1 saturated heterocycles. The van der Waals surface area contributed by atoms with Gasteiger partial charge in [0.05, 0.1) is 11.4 Å². The number of aryl methyl sites for hydroxylation is 2. The van der Waals surface area contributed by atoms with E-state index in [9.17, 15) is 4.79 Å². The fourth-order valence-corrected chi connectivity index (χ4v) is 3.12. The van der Waals surface area contributed by atoms with Gasteiger partial charge in [-0.25, -0.2) is 4.68 Å². The Morgan fingerprint density at radius 1 is 1.29 bits per heavy atom. The van der Waals surface area contributed by atoms with Crippen LogP contribution < -0.4 is 10.6 Å². The molecule has 1 fully saturated rings. The van der Waals surface area contributed by atoms with Crippen LogP contribution >= 0.6 is 12.4 Å². The number of halogens is 1. The molecule has 2 N–H and O–H groups in total. The number of nitrogens with zero attached hydrogens (tertiary/aromatic N) is 2. The number of nitrogens with one attached hydrogen (secondary N) is 2. The second kappa shape index (κ2) is 7.81. The highest BCUT2D eigenvalue weighted by Gasteiger charge is 2.23. The summed E-state index contributed by atoms with van der Waals surface area (Å²) < 4.78 is 1.89. The molecule has 0 aliphatic carbocycles. The maximum atomic E-state index is 12.4. The smallest absolute Gasteiger partial charge is 0.251 e. The third kappa shape index (κ3) is 3.97. The van der Waals surface area contributed by atoms with Gasteiger partial charge >= 0.3 is 0 Å². The molecule has 3 rings (SSSR count). The van der Waals surface area contributed by atoms with Gasteiger partial charge in [0.1, 0.15) is 0 Å². The van der Waals surface area contributed by atoms with E-state index in [2.05, 4.69) is 22.7 Å². The van der Waals surface area contributed by atoms with Gasteiger partial charge in [-0.3, -0.25) is 4.79 Å². The molecule has 2 unspecified atom stereocenters. The molecule has 1 aromatic heterocycles. The first kappa shape index (κ1) is 18.5. The highest BCUT2D eigenvalue weighted by molar-refractivity contribution is 5.94. The normalized spacial score (nSPS) is 20.3. The summed E-state index contributed by atoms with van der Waals surface area (Å²) in [6.07, 6.45) is 0.983. The minimum Gasteiger partial charge on any atom is -0.349 e. The van der Waals surface area contributed by atoms with Crippen molar-refractivity contribution in [2.45, 2.75) is 33.2 Å². The molecule has 1 aliphatic heterocycles. The van der Waals surface area contributed by atoms with E-state index >= 15 is 0 Å². The van der Waals surface area contributed by atoms with Crippen LogP contribution in [0.2, 0.25) is 0 Å². The van der Waals surface area contributed by atoms with Crippen LogP contribution in [0.5, 0.6) is 0 Å². The van der Waals surface area contributed by atoms with Gasteiger partial charge in [-0.1, -0.05) is 6.92 Å². The van der Waals surface area contributed by atoms with E-state index in [1.54, 1.807) is 0 Å². The quantitative estimate of drug-likeness (QED) is 0.896. The van der Waals surface area contributed by atoms with E-state index in [4.69, 9.17) is 0 Å². The maximum Gasteiger partial charge on any atom is 0.251 e. The highest BCUT2D eigenvalue weighted by atomic mass is 35.5. The first-order valence-electron chi connectivity index (χ1n) is 8.20. The Morgan fingerprint density at radius 3 is 2.58 bits per heavy atom. The fraction of sp³-hybridized carbons (Fsp3) is 0.444. The van der Waals surface area contributed by atoms with Crippen molar-refractivity contribution in [3.8, 4) is 5.69 Å². The Labute approximate surface area is 149 Å². The average Bonchev–Trinajstić information content (AvgIpc) is 2.88. The third-order valence-electron chi connectivity index (χ3n) is 4.49. The van der Waals surface area contributed by atoms with E-state index in [0.717, 1.165) is 36.6 Å². The lowest BCUT2D eigenvalue weighted by Crippen LogP contribution is -2.48. The van der Waals surface area contributed by atoms with Gasteiger partial charge in [0.15, 0.2) is 0 Å². The molecule has 0 radical (unpaired) electrons. The second-order valence-electron chi connectivity index (χ2n) is 6.44. The standard InChI is InChI=1S/C18H24N4O.ClH/c1-12-11-19-9-8-17(12)20-18(23)15-4-6-16(7-5-15)22-14(3)10-13(2)21-22;/h4-7,10,12,17,19H,8-9,11H2,1-3H3,(H,20,23);1H. The number of hydrogen-bond acceptors (Lipinski definition) is 3. The molecule has 2 heterocycles. The number of hydrogen-bond donors (Lipinski definition) is 2. The zero-order chi connectivity index (χ0) is 16.4. The summed E-state index contributed by atoms with van der Waals surface area (Å²) in [4.78, 5) is 12.4. The van der Waals surface area contributed by atoms with Crippen LogP contribution in [0.4, 0.5) is 0 Å². The molecular weight excluding hydrogens is 324 g/mol. The van der Waals surface area contributed by atoms with Crippen molar-refractivity contribution >= 4 is 18.3 Å². The molecule has 0 saturated carbocycles. The predicted molar refractivity (Wildman–Crippen MR) is 98.2 cm³/mol. The molecule has 1 aromatic carbocycles. The monoisotopic (exact) mass is 348 g/mol. The van der Waals surface area contributed by atoms with Gasteiger partial charge in [-0.05, 0) is 69.6 Å². The summed E-state index contributed by atoms with van der Waals surface area (Å²) in [5.74, 6) is 0.463. The van der Waals surface area contributed by atoms with Crippen molar-refractivity contribution in [2.75, 3.05) is 13.1 Å². The third-order valence-corrected chi connectivity index (χ3v) is 4.49. The largest absolute Gasteiger partial charge is 0.349 e. The molecule has 2 aromatic rings. The Hall–Kier alpha value is -1.85. The van der Waals surface area contributed by atoms with Crippen LogP contribution in [-0.4, -0.2) is 34.8 Å². The zero-order valence-corrected chi connectivity index (χ0v) is 15.2. The Balaban J connectivity index is 0.00000208. The first-order valence-corrected chi connectivity index (χ1v) is 8.20. The summed E-state index contributed by atoms with van der Waals surface area (Å²) in [5.41, 5.74) is 3.75. The summed E-state index contributed by atoms with van der Waals surface area (Å²) in [7, 11) is 0. The summed E-state index contributed by atoms with van der Waals surface area (Å²) >= 11 is 0.